The van der Waals surface area contributed by atoms with Crippen LogP contribution < -0.4 is 0 Å². The quantitative estimate of drug-likeness (QED) is 0.628. The van der Waals surface area contributed by atoms with Crippen molar-refractivity contribution in [3.63, 3.8) is 0 Å². The van der Waals surface area contributed by atoms with Crippen molar-refractivity contribution in [3.05, 3.63) is 40.8 Å². The van der Waals surface area contributed by atoms with Crippen LogP contribution in [0.15, 0.2) is 24.4 Å². The molecule has 0 aliphatic rings. The Morgan fingerprint density at radius 1 is 1.38 bits per heavy atom. The lowest BCUT2D eigenvalue weighted by molar-refractivity contribution is 0.635. The minimum Gasteiger partial charge on any atom is -0.253 e. The molecule has 13 heavy (non-hydrogen) atoms. The molecule has 1 aromatic carbocycles. The second-order valence-corrected chi connectivity index (χ2v) is 3.34. The van der Waals surface area contributed by atoms with Crippen LogP contribution in [0.1, 0.15) is 5.56 Å². The van der Waals surface area contributed by atoms with E-state index in [-0.39, 0.29) is 5.82 Å². The molecule has 0 aliphatic carbocycles. The number of aryl methyl sites for hydroxylation is 1. The van der Waals surface area contributed by atoms with Crippen molar-refractivity contribution in [2.75, 3.05) is 0 Å². The van der Waals surface area contributed by atoms with Crippen LogP contribution in [0.5, 0.6) is 0 Å². The van der Waals surface area contributed by atoms with E-state index in [1.807, 2.05) is 13.0 Å². The predicted molar refractivity (Wildman–Crippen MR) is 51.4 cm³/mol. The smallest absolute Gasteiger partial charge is 0.149 e. The van der Waals surface area contributed by atoms with Gasteiger partial charge in [-0.2, -0.15) is 0 Å². The number of fused-ring (bicyclic) bond motifs is 1. The van der Waals surface area contributed by atoms with Crippen LogP contribution in [0.25, 0.3) is 10.9 Å². The number of halogens is 2. The fraction of sp³-hybridized carbons (Fsp3) is 0.100. The van der Waals surface area contributed by atoms with E-state index in [4.69, 9.17) is 11.6 Å². The van der Waals surface area contributed by atoms with Crippen molar-refractivity contribution in [1.29, 1.82) is 0 Å². The summed E-state index contributed by atoms with van der Waals surface area (Å²) < 4.78 is 13.3. The molecule has 2 aromatic rings. The summed E-state index contributed by atoms with van der Waals surface area (Å²) in [5.41, 5.74) is 1.18. The van der Waals surface area contributed by atoms with E-state index in [0.29, 0.717) is 15.9 Å². The first kappa shape index (κ1) is 8.45. The zero-order chi connectivity index (χ0) is 9.42. The maximum atomic E-state index is 13.3. The summed E-state index contributed by atoms with van der Waals surface area (Å²) in [6.45, 7) is 1.83. The molecule has 1 aromatic heterocycles. The lowest BCUT2D eigenvalue weighted by Crippen LogP contribution is -1.86. The number of aromatic nitrogens is 1. The van der Waals surface area contributed by atoms with Crippen molar-refractivity contribution in [3.8, 4) is 0 Å². The molecule has 0 aliphatic heterocycles. The third-order valence-electron chi connectivity index (χ3n) is 1.89. The van der Waals surface area contributed by atoms with E-state index in [1.54, 1.807) is 6.07 Å². The molecular weight excluding hydrogens is 189 g/mol. The molecule has 0 bridgehead atoms. The summed E-state index contributed by atoms with van der Waals surface area (Å²) in [6.07, 6.45) is 1.50. The number of pyridine rings is 1. The number of rotatable bonds is 0. The van der Waals surface area contributed by atoms with Gasteiger partial charge in [0.25, 0.3) is 0 Å². The molecule has 0 fully saturated rings. The van der Waals surface area contributed by atoms with Gasteiger partial charge in [-0.05, 0) is 30.7 Å². The van der Waals surface area contributed by atoms with Gasteiger partial charge in [0.05, 0.1) is 5.02 Å². The van der Waals surface area contributed by atoms with E-state index < -0.39 is 0 Å². The van der Waals surface area contributed by atoms with Crippen LogP contribution in [0.2, 0.25) is 5.02 Å². The third-order valence-corrected chi connectivity index (χ3v) is 2.22. The first-order chi connectivity index (χ1) is 6.18. The Labute approximate surface area is 80.2 Å². The van der Waals surface area contributed by atoms with Crippen LogP contribution in [0.3, 0.4) is 0 Å². The van der Waals surface area contributed by atoms with Gasteiger partial charge in [-0.15, -0.1) is 0 Å². The van der Waals surface area contributed by atoms with Crippen LogP contribution in [-0.2, 0) is 0 Å². The van der Waals surface area contributed by atoms with Crippen molar-refractivity contribution in [2.24, 2.45) is 0 Å². The van der Waals surface area contributed by atoms with Crippen LogP contribution in [0, 0.1) is 12.7 Å². The second kappa shape index (κ2) is 2.96. The molecule has 66 valence electrons. The van der Waals surface area contributed by atoms with Gasteiger partial charge in [-0.25, -0.2) is 4.39 Å². The first-order valence-corrected chi connectivity index (χ1v) is 4.26. The number of hydrogen-bond acceptors (Lipinski definition) is 1. The highest BCUT2D eigenvalue weighted by molar-refractivity contribution is 6.35. The minimum atomic E-state index is -0.322. The maximum absolute atomic E-state index is 13.3. The zero-order valence-corrected chi connectivity index (χ0v) is 7.77. The van der Waals surface area contributed by atoms with Crippen molar-refractivity contribution in [1.82, 2.24) is 4.98 Å². The van der Waals surface area contributed by atoms with Gasteiger partial charge in [0, 0.05) is 11.6 Å². The zero-order valence-electron chi connectivity index (χ0n) is 7.01. The summed E-state index contributed by atoms with van der Waals surface area (Å²) in [5, 5.41) is 1.20. The summed E-state index contributed by atoms with van der Waals surface area (Å²) in [5.74, 6) is -0.322. The average Bonchev–Trinajstić information content (AvgIpc) is 2.07. The van der Waals surface area contributed by atoms with E-state index >= 15 is 0 Å². The Morgan fingerprint density at radius 2 is 2.15 bits per heavy atom. The summed E-state index contributed by atoms with van der Waals surface area (Å²) in [7, 11) is 0. The number of benzene rings is 1. The lowest BCUT2D eigenvalue weighted by Gasteiger charge is -2.01. The first-order valence-electron chi connectivity index (χ1n) is 3.89. The number of nitrogens with zero attached hydrogens (tertiary/aromatic N) is 1. The molecule has 2 rings (SSSR count). The molecule has 0 spiro atoms. The van der Waals surface area contributed by atoms with Crippen LogP contribution in [-0.4, -0.2) is 4.98 Å². The van der Waals surface area contributed by atoms with Crippen molar-refractivity contribution < 1.29 is 4.39 Å². The number of hydrogen-bond donors (Lipinski definition) is 0. The summed E-state index contributed by atoms with van der Waals surface area (Å²) >= 11 is 5.89. The fourth-order valence-electron chi connectivity index (χ4n) is 1.31. The van der Waals surface area contributed by atoms with Gasteiger partial charge in [-0.3, -0.25) is 4.98 Å². The molecule has 3 heteroatoms. The van der Waals surface area contributed by atoms with Crippen LogP contribution in [0.4, 0.5) is 4.39 Å². The minimum absolute atomic E-state index is 0.322. The van der Waals surface area contributed by atoms with Crippen LogP contribution >= 0.6 is 11.6 Å². The second-order valence-electron chi connectivity index (χ2n) is 2.94. The maximum Gasteiger partial charge on any atom is 0.149 e. The molecule has 0 saturated carbocycles. The molecule has 0 N–H and O–H groups in total. The van der Waals surface area contributed by atoms with Crippen molar-refractivity contribution in [2.45, 2.75) is 6.92 Å². The standard InChI is InChI=1S/C10H7ClFN/c1-6-4-7-8(11)2-3-13-10(7)9(12)5-6/h2-5H,1H3. The molecule has 0 amide bonds. The SMILES string of the molecule is Cc1cc(F)c2nccc(Cl)c2c1. The van der Waals surface area contributed by atoms with E-state index in [0.717, 1.165) is 5.56 Å². The fourth-order valence-corrected chi connectivity index (χ4v) is 1.52. The predicted octanol–water partition coefficient (Wildman–Crippen LogP) is 3.34. The molecule has 0 saturated heterocycles. The Bertz CT molecular complexity index is 468. The van der Waals surface area contributed by atoms with E-state index in [2.05, 4.69) is 4.98 Å². The molecule has 0 radical (unpaired) electrons. The van der Waals surface area contributed by atoms with E-state index in [1.165, 1.54) is 12.3 Å². The third kappa shape index (κ3) is 1.38. The topological polar surface area (TPSA) is 12.9 Å². The highest BCUT2D eigenvalue weighted by Gasteiger charge is 2.05. The Morgan fingerprint density at radius 3 is 2.92 bits per heavy atom. The highest BCUT2D eigenvalue weighted by Crippen LogP contribution is 2.24. The van der Waals surface area contributed by atoms with Gasteiger partial charge in [0.2, 0.25) is 0 Å². The summed E-state index contributed by atoms with van der Waals surface area (Å²) in [6, 6.07) is 4.93. The summed E-state index contributed by atoms with van der Waals surface area (Å²) in [4.78, 5) is 3.92. The van der Waals surface area contributed by atoms with Gasteiger partial charge in [0.15, 0.2) is 0 Å². The van der Waals surface area contributed by atoms with Gasteiger partial charge in [-0.1, -0.05) is 11.6 Å². The van der Waals surface area contributed by atoms with E-state index in [9.17, 15) is 4.39 Å². The molecule has 0 atom stereocenters. The van der Waals surface area contributed by atoms with Crippen molar-refractivity contribution >= 4 is 22.5 Å². The van der Waals surface area contributed by atoms with Gasteiger partial charge in [0.1, 0.15) is 11.3 Å². The monoisotopic (exact) mass is 195 g/mol. The van der Waals surface area contributed by atoms with Gasteiger partial charge >= 0.3 is 0 Å². The largest absolute Gasteiger partial charge is 0.253 e. The lowest BCUT2D eigenvalue weighted by atomic mass is 10.1. The molecule has 1 heterocycles. The highest BCUT2D eigenvalue weighted by atomic mass is 35.5. The Kier molecular flexibility index (Phi) is 1.93. The Balaban J connectivity index is 2.94. The molecule has 1 nitrogen and oxygen atoms in total. The molecule has 0 unspecified atom stereocenters. The molecular formula is C10H7ClFN. The Hall–Kier alpha value is -1.15. The average molecular weight is 196 g/mol. The normalized spacial score (nSPS) is 10.7. The van der Waals surface area contributed by atoms with Gasteiger partial charge < -0.3 is 0 Å².